The number of hydrogen-bond acceptors (Lipinski definition) is 3. The first-order valence-electron chi connectivity index (χ1n) is 6.00. The molecule has 1 heterocycles. The van der Waals surface area contributed by atoms with E-state index in [0.29, 0.717) is 5.47 Å². The van der Waals surface area contributed by atoms with E-state index in [1.807, 2.05) is 27.7 Å². The third-order valence-electron chi connectivity index (χ3n) is 3.44. The Morgan fingerprint density at radius 1 is 1.11 bits per heavy atom. The van der Waals surface area contributed by atoms with Crippen molar-refractivity contribution in [3.8, 4) is 0 Å². The second-order valence-corrected chi connectivity index (χ2v) is 5.73. The standard InChI is InChI=1S/C13H22BNO3/c1-10(8-9-11(16)15(6)7)14-17-12(2,3)13(4,5)18-14/h8-9H,1H2,2-7H3/b9-8-. The van der Waals surface area contributed by atoms with E-state index in [2.05, 4.69) is 6.58 Å². The molecule has 0 N–H and O–H groups in total. The van der Waals surface area contributed by atoms with Crippen molar-refractivity contribution in [1.82, 2.24) is 4.90 Å². The number of nitrogens with zero attached hydrogens (tertiary/aromatic N) is 1. The third-order valence-corrected chi connectivity index (χ3v) is 3.44. The normalized spacial score (nSPS) is 21.3. The molecule has 5 heteroatoms. The fourth-order valence-electron chi connectivity index (χ4n) is 1.40. The van der Waals surface area contributed by atoms with Gasteiger partial charge in [-0.05, 0) is 33.2 Å². The molecule has 1 amide bonds. The first-order valence-corrected chi connectivity index (χ1v) is 6.00. The van der Waals surface area contributed by atoms with E-state index >= 15 is 0 Å². The summed E-state index contributed by atoms with van der Waals surface area (Å²) in [4.78, 5) is 12.9. The lowest BCUT2D eigenvalue weighted by atomic mass is 9.79. The molecule has 18 heavy (non-hydrogen) atoms. The lowest BCUT2D eigenvalue weighted by Crippen LogP contribution is -2.41. The molecule has 0 aromatic carbocycles. The van der Waals surface area contributed by atoms with Crippen LogP contribution in [0.4, 0.5) is 0 Å². The highest BCUT2D eigenvalue weighted by molar-refractivity contribution is 6.55. The highest BCUT2D eigenvalue weighted by Crippen LogP contribution is 2.38. The minimum atomic E-state index is -0.499. The van der Waals surface area contributed by atoms with Crippen molar-refractivity contribution in [2.24, 2.45) is 0 Å². The Hall–Kier alpha value is -1.07. The van der Waals surface area contributed by atoms with Crippen molar-refractivity contribution in [2.45, 2.75) is 38.9 Å². The number of allylic oxidation sites excluding steroid dienone is 2. The summed E-state index contributed by atoms with van der Waals surface area (Å²) in [6.45, 7) is 11.8. The fourth-order valence-corrected chi connectivity index (χ4v) is 1.40. The van der Waals surface area contributed by atoms with Gasteiger partial charge in [0.25, 0.3) is 0 Å². The maximum Gasteiger partial charge on any atom is 0.494 e. The Labute approximate surface area is 110 Å². The summed E-state index contributed by atoms with van der Waals surface area (Å²) in [5, 5.41) is 0. The summed E-state index contributed by atoms with van der Waals surface area (Å²) in [6, 6.07) is 0. The zero-order chi connectivity index (χ0) is 14.1. The SMILES string of the molecule is C=C(/C=C\C(=O)N(C)C)B1OC(C)(C)C(C)(C)O1. The Morgan fingerprint density at radius 2 is 1.56 bits per heavy atom. The molecular formula is C13H22BNO3. The van der Waals surface area contributed by atoms with E-state index in [9.17, 15) is 4.79 Å². The van der Waals surface area contributed by atoms with Crippen LogP contribution in [0.15, 0.2) is 24.2 Å². The zero-order valence-electron chi connectivity index (χ0n) is 12.1. The Morgan fingerprint density at radius 3 is 1.94 bits per heavy atom. The highest BCUT2D eigenvalue weighted by Gasteiger charge is 2.51. The fraction of sp³-hybridized carbons (Fsp3) is 0.615. The number of carbonyl (C=O) groups excluding carboxylic acids is 1. The Balaban J connectivity index is 2.69. The van der Waals surface area contributed by atoms with Gasteiger partial charge in [0.05, 0.1) is 11.2 Å². The van der Waals surface area contributed by atoms with Gasteiger partial charge in [-0.25, -0.2) is 0 Å². The molecule has 1 fully saturated rings. The average molecular weight is 251 g/mol. The summed E-state index contributed by atoms with van der Waals surface area (Å²) >= 11 is 0. The lowest BCUT2D eigenvalue weighted by molar-refractivity contribution is -0.123. The number of amides is 1. The first kappa shape index (κ1) is 15.0. The maximum atomic E-state index is 11.4. The van der Waals surface area contributed by atoms with Crippen LogP contribution in [0.5, 0.6) is 0 Å². The molecule has 0 aromatic rings. The van der Waals surface area contributed by atoms with Crippen LogP contribution >= 0.6 is 0 Å². The van der Waals surface area contributed by atoms with E-state index < -0.39 is 7.12 Å². The smallest absolute Gasteiger partial charge is 0.399 e. The molecule has 0 spiro atoms. The topological polar surface area (TPSA) is 38.8 Å². The first-order chi connectivity index (χ1) is 8.07. The van der Waals surface area contributed by atoms with Crippen LogP contribution < -0.4 is 0 Å². The molecule has 1 aliphatic heterocycles. The predicted octanol–water partition coefficient (Wildman–Crippen LogP) is 1.82. The van der Waals surface area contributed by atoms with Crippen molar-refractivity contribution < 1.29 is 14.1 Å². The highest BCUT2D eigenvalue weighted by atomic mass is 16.7. The number of rotatable bonds is 3. The maximum absolute atomic E-state index is 11.4. The number of carbonyl (C=O) groups is 1. The number of hydrogen-bond donors (Lipinski definition) is 0. The van der Waals surface area contributed by atoms with Gasteiger partial charge in [-0.1, -0.05) is 12.7 Å². The van der Waals surface area contributed by atoms with Gasteiger partial charge < -0.3 is 14.2 Å². The van der Waals surface area contributed by atoms with Crippen molar-refractivity contribution >= 4 is 13.0 Å². The largest absolute Gasteiger partial charge is 0.494 e. The molecule has 0 atom stereocenters. The van der Waals surface area contributed by atoms with Gasteiger partial charge in [0.15, 0.2) is 0 Å². The molecule has 0 bridgehead atoms. The molecule has 1 saturated heterocycles. The minimum absolute atomic E-state index is 0.0901. The van der Waals surface area contributed by atoms with Gasteiger partial charge >= 0.3 is 7.12 Å². The molecule has 100 valence electrons. The van der Waals surface area contributed by atoms with Crippen molar-refractivity contribution in [1.29, 1.82) is 0 Å². The molecule has 0 aromatic heterocycles. The molecule has 1 aliphatic rings. The van der Waals surface area contributed by atoms with Gasteiger partial charge in [0.2, 0.25) is 5.91 Å². The van der Waals surface area contributed by atoms with Crippen molar-refractivity contribution in [3.05, 3.63) is 24.2 Å². The average Bonchev–Trinajstić information content (AvgIpc) is 2.44. The van der Waals surface area contributed by atoms with E-state index in [0.717, 1.165) is 0 Å². The summed E-state index contributed by atoms with van der Waals surface area (Å²) in [7, 11) is 2.90. The predicted molar refractivity (Wildman–Crippen MR) is 73.1 cm³/mol. The van der Waals surface area contributed by atoms with Gasteiger partial charge in [-0.2, -0.15) is 0 Å². The van der Waals surface area contributed by atoms with Gasteiger partial charge in [0, 0.05) is 20.2 Å². The summed E-state index contributed by atoms with van der Waals surface area (Å²) in [6.07, 6.45) is 3.11. The molecule has 0 unspecified atom stereocenters. The summed E-state index contributed by atoms with van der Waals surface area (Å²) in [5.41, 5.74) is -0.135. The van der Waals surface area contributed by atoms with Crippen LogP contribution in [-0.2, 0) is 14.1 Å². The molecule has 4 nitrogen and oxygen atoms in total. The van der Waals surface area contributed by atoms with Crippen LogP contribution in [0.1, 0.15) is 27.7 Å². The quantitative estimate of drug-likeness (QED) is 0.436. The van der Waals surface area contributed by atoms with Crippen LogP contribution in [0, 0.1) is 0 Å². The lowest BCUT2D eigenvalue weighted by Gasteiger charge is -2.32. The van der Waals surface area contributed by atoms with Crippen LogP contribution in [-0.4, -0.2) is 43.2 Å². The van der Waals surface area contributed by atoms with Gasteiger partial charge in [-0.15, -0.1) is 0 Å². The Kier molecular flexibility index (Phi) is 4.08. The second kappa shape index (κ2) is 4.90. The minimum Gasteiger partial charge on any atom is -0.399 e. The van der Waals surface area contributed by atoms with Crippen LogP contribution in [0.25, 0.3) is 0 Å². The van der Waals surface area contributed by atoms with Crippen molar-refractivity contribution in [3.63, 3.8) is 0 Å². The van der Waals surface area contributed by atoms with E-state index in [4.69, 9.17) is 9.31 Å². The molecule has 0 radical (unpaired) electrons. The van der Waals surface area contributed by atoms with Crippen molar-refractivity contribution in [2.75, 3.05) is 14.1 Å². The zero-order valence-corrected chi connectivity index (χ0v) is 12.1. The summed E-state index contributed by atoms with van der Waals surface area (Å²) < 4.78 is 11.6. The van der Waals surface area contributed by atoms with E-state index in [-0.39, 0.29) is 17.1 Å². The molecule has 1 rings (SSSR count). The van der Waals surface area contributed by atoms with E-state index in [1.165, 1.54) is 11.0 Å². The number of likely N-dealkylation sites (N-methyl/N-ethyl adjacent to an activating group) is 1. The van der Waals surface area contributed by atoms with Gasteiger partial charge in [0.1, 0.15) is 0 Å². The van der Waals surface area contributed by atoms with Gasteiger partial charge in [-0.3, -0.25) is 4.79 Å². The van der Waals surface area contributed by atoms with Crippen LogP contribution in [0.2, 0.25) is 0 Å². The Bertz CT molecular complexity index is 370. The second-order valence-electron chi connectivity index (χ2n) is 5.73. The van der Waals surface area contributed by atoms with E-state index in [1.54, 1.807) is 20.2 Å². The van der Waals surface area contributed by atoms with Crippen LogP contribution in [0.3, 0.4) is 0 Å². The molecular weight excluding hydrogens is 229 g/mol. The third kappa shape index (κ3) is 3.03. The summed E-state index contributed by atoms with van der Waals surface area (Å²) in [5.74, 6) is -0.0901. The monoisotopic (exact) mass is 251 g/mol. The molecule has 0 aliphatic carbocycles. The molecule has 0 saturated carbocycles.